The molecule has 0 radical (unpaired) electrons. The lowest BCUT2D eigenvalue weighted by molar-refractivity contribution is -0.141. The van der Waals surface area contributed by atoms with Gasteiger partial charge >= 0.3 is 5.97 Å². The van der Waals surface area contributed by atoms with E-state index < -0.39 is 18.5 Å². The summed E-state index contributed by atoms with van der Waals surface area (Å²) >= 11 is 13.1. The molecule has 29 heavy (non-hydrogen) atoms. The number of carbonyl (C=O) groups excluding carboxylic acids is 2. The van der Waals surface area contributed by atoms with Crippen molar-refractivity contribution in [2.45, 2.75) is 0 Å². The van der Waals surface area contributed by atoms with E-state index in [9.17, 15) is 14.0 Å². The van der Waals surface area contributed by atoms with Crippen LogP contribution >= 0.6 is 34.5 Å². The van der Waals surface area contributed by atoms with Gasteiger partial charge in [0.2, 0.25) is 0 Å². The number of thiophene rings is 1. The third-order valence-electron chi connectivity index (χ3n) is 3.59. The van der Waals surface area contributed by atoms with E-state index >= 15 is 0 Å². The Morgan fingerprint density at radius 1 is 1.21 bits per heavy atom. The zero-order valence-corrected chi connectivity index (χ0v) is 17.0. The quantitative estimate of drug-likeness (QED) is 0.407. The molecule has 0 fully saturated rings. The lowest BCUT2D eigenvalue weighted by Crippen LogP contribution is -2.22. The Hall–Kier alpha value is -2.74. The van der Waals surface area contributed by atoms with Crippen LogP contribution in [0, 0.1) is 5.82 Å². The first-order valence-corrected chi connectivity index (χ1v) is 9.85. The van der Waals surface area contributed by atoms with Crippen LogP contribution in [-0.2, 0) is 14.3 Å². The van der Waals surface area contributed by atoms with Crippen LogP contribution in [0.1, 0.15) is 10.4 Å². The summed E-state index contributed by atoms with van der Waals surface area (Å²) in [5.74, 6) is -1.57. The molecule has 0 spiro atoms. The zero-order chi connectivity index (χ0) is 20.8. The Kier molecular flexibility index (Phi) is 6.98. The van der Waals surface area contributed by atoms with Gasteiger partial charge in [-0.2, -0.15) is 0 Å². The van der Waals surface area contributed by atoms with Gasteiger partial charge in [-0.05, 0) is 41.3 Å². The van der Waals surface area contributed by atoms with Crippen molar-refractivity contribution >= 4 is 63.9 Å². The smallest absolute Gasteiger partial charge is 0.340 e. The van der Waals surface area contributed by atoms with E-state index in [1.807, 2.05) is 5.38 Å². The number of hydrogen-bond donors (Lipinski definition) is 1. The first-order valence-electron chi connectivity index (χ1n) is 8.21. The third-order valence-corrected chi connectivity index (χ3v) is 4.99. The van der Waals surface area contributed by atoms with Crippen LogP contribution in [0.2, 0.25) is 10.0 Å². The highest BCUT2D eigenvalue weighted by molar-refractivity contribution is 7.11. The molecule has 0 aliphatic heterocycles. The van der Waals surface area contributed by atoms with Crippen molar-refractivity contribution in [1.29, 1.82) is 0 Å². The van der Waals surface area contributed by atoms with Crippen LogP contribution < -0.4 is 5.32 Å². The highest BCUT2D eigenvalue weighted by Gasteiger charge is 2.17. The van der Waals surface area contributed by atoms with Gasteiger partial charge in [0.05, 0.1) is 15.6 Å². The van der Waals surface area contributed by atoms with E-state index in [0.29, 0.717) is 15.5 Å². The molecule has 9 heteroatoms. The maximum absolute atomic E-state index is 13.1. The number of hydrogen-bond acceptors (Lipinski definition) is 5. The average molecular weight is 451 g/mol. The minimum Gasteiger partial charge on any atom is -0.452 e. The second-order valence-corrected chi connectivity index (χ2v) is 7.49. The number of halogens is 3. The van der Waals surface area contributed by atoms with Gasteiger partial charge in [0.1, 0.15) is 5.82 Å². The van der Waals surface area contributed by atoms with Crippen LogP contribution in [0.5, 0.6) is 0 Å². The molecule has 1 N–H and O–H groups in total. The summed E-state index contributed by atoms with van der Waals surface area (Å²) in [4.78, 5) is 29.2. The average Bonchev–Trinajstić information content (AvgIpc) is 3.22. The lowest BCUT2D eigenvalue weighted by Gasteiger charge is -2.09. The molecule has 0 atom stereocenters. The molecule has 2 aromatic heterocycles. The Morgan fingerprint density at radius 2 is 1.97 bits per heavy atom. The largest absolute Gasteiger partial charge is 0.452 e. The maximum Gasteiger partial charge on any atom is 0.340 e. The van der Waals surface area contributed by atoms with Gasteiger partial charge in [-0.3, -0.25) is 4.79 Å². The molecule has 5 nitrogen and oxygen atoms in total. The second-order valence-electron chi connectivity index (χ2n) is 5.70. The fourth-order valence-electron chi connectivity index (χ4n) is 2.27. The van der Waals surface area contributed by atoms with E-state index in [2.05, 4.69) is 10.3 Å². The van der Waals surface area contributed by atoms with Crippen molar-refractivity contribution < 1.29 is 18.7 Å². The summed E-state index contributed by atoms with van der Waals surface area (Å²) in [6.45, 7) is -0.536. The number of carbonyl (C=O) groups is 2. The van der Waals surface area contributed by atoms with Crippen molar-refractivity contribution in [2.75, 3.05) is 11.9 Å². The first-order chi connectivity index (χ1) is 13.9. The molecule has 3 aromatic rings. The molecule has 0 aliphatic carbocycles. The number of nitrogens with one attached hydrogen (secondary N) is 1. The minimum atomic E-state index is -0.693. The molecule has 0 saturated heterocycles. The van der Waals surface area contributed by atoms with Crippen LogP contribution in [0.25, 0.3) is 11.6 Å². The van der Waals surface area contributed by atoms with Crippen molar-refractivity contribution in [2.24, 2.45) is 0 Å². The number of aromatic nitrogens is 1. The standard InChI is InChI=1S/C20H13Cl2FN2O3S/c21-13-9-16(22)19(24-10-13)25-18(26)11-28-20(27)15(17-2-1-7-29-17)8-12-3-5-14(23)6-4-12/h1-10H,11H2,(H,24,25,26). The van der Waals surface area contributed by atoms with Gasteiger partial charge in [0.25, 0.3) is 5.91 Å². The monoisotopic (exact) mass is 450 g/mol. The Labute approximate surface area is 179 Å². The Balaban J connectivity index is 1.70. The molecule has 3 rings (SSSR count). The van der Waals surface area contributed by atoms with Gasteiger partial charge < -0.3 is 10.1 Å². The van der Waals surface area contributed by atoms with Crippen molar-refractivity contribution in [3.63, 3.8) is 0 Å². The SMILES string of the molecule is O=C(COC(=O)C(=Cc1ccc(F)cc1)c1cccs1)Nc1ncc(Cl)cc1Cl. The fraction of sp³-hybridized carbons (Fsp3) is 0.0500. The molecule has 0 saturated carbocycles. The third kappa shape index (κ3) is 5.87. The normalized spacial score (nSPS) is 11.2. The molecular formula is C20H13Cl2FN2O3S. The second kappa shape index (κ2) is 9.65. The summed E-state index contributed by atoms with van der Waals surface area (Å²) < 4.78 is 18.3. The van der Waals surface area contributed by atoms with E-state index in [1.54, 1.807) is 18.2 Å². The zero-order valence-electron chi connectivity index (χ0n) is 14.7. The van der Waals surface area contributed by atoms with E-state index in [1.165, 1.54) is 47.9 Å². The molecule has 148 valence electrons. The highest BCUT2D eigenvalue weighted by atomic mass is 35.5. The Morgan fingerprint density at radius 3 is 2.62 bits per heavy atom. The van der Waals surface area contributed by atoms with Crippen LogP contribution in [-0.4, -0.2) is 23.5 Å². The van der Waals surface area contributed by atoms with E-state index in [0.717, 1.165) is 0 Å². The minimum absolute atomic E-state index is 0.109. The molecule has 1 amide bonds. The fourth-order valence-corrected chi connectivity index (χ4v) is 3.43. The predicted molar refractivity (Wildman–Crippen MR) is 112 cm³/mol. The van der Waals surface area contributed by atoms with Crippen molar-refractivity contribution in [1.82, 2.24) is 4.98 Å². The van der Waals surface area contributed by atoms with E-state index in [-0.39, 0.29) is 22.2 Å². The van der Waals surface area contributed by atoms with Gasteiger partial charge in [-0.1, -0.05) is 41.4 Å². The predicted octanol–water partition coefficient (Wildman–Crippen LogP) is 5.31. The Bertz CT molecular complexity index is 1050. The number of amides is 1. The summed E-state index contributed by atoms with van der Waals surface area (Å²) in [5.41, 5.74) is 0.871. The summed E-state index contributed by atoms with van der Waals surface area (Å²) in [6.07, 6.45) is 2.90. The lowest BCUT2D eigenvalue weighted by atomic mass is 10.1. The first kappa shape index (κ1) is 21.0. The van der Waals surface area contributed by atoms with Gasteiger partial charge in [-0.25, -0.2) is 14.2 Å². The summed E-state index contributed by atoms with van der Waals surface area (Å²) in [7, 11) is 0. The van der Waals surface area contributed by atoms with Crippen molar-refractivity contribution in [3.05, 3.63) is 80.3 Å². The topological polar surface area (TPSA) is 68.3 Å². The number of anilines is 1. The van der Waals surface area contributed by atoms with E-state index in [4.69, 9.17) is 27.9 Å². The number of benzene rings is 1. The number of nitrogens with zero attached hydrogens (tertiary/aromatic N) is 1. The number of pyridine rings is 1. The number of esters is 1. The molecule has 0 aliphatic rings. The molecular weight excluding hydrogens is 438 g/mol. The van der Waals surface area contributed by atoms with Gasteiger partial charge in [0.15, 0.2) is 12.4 Å². The molecule has 0 bridgehead atoms. The van der Waals surface area contributed by atoms with Crippen LogP contribution in [0.15, 0.2) is 54.0 Å². The molecule has 0 unspecified atom stereocenters. The highest BCUT2D eigenvalue weighted by Crippen LogP contribution is 2.25. The van der Waals surface area contributed by atoms with Crippen molar-refractivity contribution in [3.8, 4) is 0 Å². The summed E-state index contributed by atoms with van der Waals surface area (Å²) in [5, 5.41) is 4.74. The van der Waals surface area contributed by atoms with Gasteiger partial charge in [-0.15, -0.1) is 11.3 Å². The molecule has 1 aromatic carbocycles. The number of rotatable bonds is 6. The van der Waals surface area contributed by atoms with Crippen LogP contribution in [0.4, 0.5) is 10.2 Å². The maximum atomic E-state index is 13.1. The summed E-state index contributed by atoms with van der Waals surface area (Å²) in [6, 6.07) is 10.6. The van der Waals surface area contributed by atoms with Gasteiger partial charge in [0, 0.05) is 11.1 Å². The molecule has 2 heterocycles. The number of ether oxygens (including phenoxy) is 1. The van der Waals surface area contributed by atoms with Crippen LogP contribution in [0.3, 0.4) is 0 Å².